The van der Waals surface area contributed by atoms with Crippen LogP contribution in [0.25, 0.3) is 5.69 Å². The van der Waals surface area contributed by atoms with Crippen molar-refractivity contribution in [1.29, 1.82) is 0 Å². The summed E-state index contributed by atoms with van der Waals surface area (Å²) in [7, 11) is 1.55. The highest BCUT2D eigenvalue weighted by atomic mass is 19.1. The normalized spacial score (nSPS) is 10.8. The summed E-state index contributed by atoms with van der Waals surface area (Å²) in [5.41, 5.74) is 2.97. The average molecular weight is 420 g/mol. The van der Waals surface area contributed by atoms with E-state index in [1.807, 2.05) is 38.1 Å². The highest BCUT2D eigenvalue weighted by Crippen LogP contribution is 2.29. The summed E-state index contributed by atoms with van der Waals surface area (Å²) >= 11 is 0. The van der Waals surface area contributed by atoms with E-state index in [0.717, 1.165) is 16.7 Å². The lowest BCUT2D eigenvalue weighted by Gasteiger charge is -2.15. The van der Waals surface area contributed by atoms with Gasteiger partial charge in [0, 0.05) is 18.7 Å². The van der Waals surface area contributed by atoms with E-state index >= 15 is 0 Å². The van der Waals surface area contributed by atoms with E-state index in [1.165, 1.54) is 21.5 Å². The molecule has 0 bridgehead atoms. The lowest BCUT2D eigenvalue weighted by molar-refractivity contribution is 0.302. The van der Waals surface area contributed by atoms with Crippen molar-refractivity contribution in [2.45, 2.75) is 20.5 Å². The van der Waals surface area contributed by atoms with Crippen LogP contribution in [-0.2, 0) is 13.7 Å². The first kappa shape index (κ1) is 20.3. The first-order chi connectivity index (χ1) is 14.9. The number of aromatic nitrogens is 4. The third kappa shape index (κ3) is 4.32. The number of benzene rings is 3. The second-order valence-electron chi connectivity index (χ2n) is 7.14. The van der Waals surface area contributed by atoms with Crippen molar-refractivity contribution in [1.82, 2.24) is 19.8 Å². The Bertz CT molecular complexity index is 1300. The molecule has 0 unspecified atom stereocenters. The quantitative estimate of drug-likeness (QED) is 0.470. The number of halogens is 1. The van der Waals surface area contributed by atoms with Crippen molar-refractivity contribution in [3.63, 3.8) is 0 Å². The van der Waals surface area contributed by atoms with E-state index in [0.29, 0.717) is 22.9 Å². The number of tetrazole rings is 1. The Morgan fingerprint density at radius 1 is 0.935 bits per heavy atom. The van der Waals surface area contributed by atoms with Crippen LogP contribution >= 0.6 is 0 Å². The molecule has 4 rings (SSSR count). The number of hydrogen-bond donors (Lipinski definition) is 0. The third-order valence-corrected chi connectivity index (χ3v) is 4.89. The van der Waals surface area contributed by atoms with Crippen LogP contribution in [0.1, 0.15) is 16.7 Å². The van der Waals surface area contributed by atoms with Gasteiger partial charge in [-0.15, -0.1) is 0 Å². The lowest BCUT2D eigenvalue weighted by atomic mass is 10.1. The van der Waals surface area contributed by atoms with Gasteiger partial charge in [-0.2, -0.15) is 9.36 Å². The van der Waals surface area contributed by atoms with Crippen molar-refractivity contribution in [3.05, 3.63) is 93.7 Å². The van der Waals surface area contributed by atoms with Crippen molar-refractivity contribution in [2.24, 2.45) is 7.05 Å². The van der Waals surface area contributed by atoms with Gasteiger partial charge in [-0.05, 0) is 71.8 Å². The highest BCUT2D eigenvalue weighted by molar-refractivity contribution is 5.46. The number of ether oxygens (including phenoxy) is 2. The monoisotopic (exact) mass is 420 g/mol. The molecule has 0 spiro atoms. The fourth-order valence-electron chi connectivity index (χ4n) is 3.20. The van der Waals surface area contributed by atoms with Crippen LogP contribution in [0.15, 0.2) is 65.5 Å². The Morgan fingerprint density at radius 3 is 2.42 bits per heavy atom. The van der Waals surface area contributed by atoms with Crippen molar-refractivity contribution < 1.29 is 13.9 Å². The molecule has 0 aliphatic rings. The molecule has 0 amide bonds. The molecule has 8 heteroatoms. The highest BCUT2D eigenvalue weighted by Gasteiger charge is 2.14. The number of nitrogens with zero attached hydrogens (tertiary/aromatic N) is 4. The second kappa shape index (κ2) is 8.43. The minimum absolute atomic E-state index is 0.246. The van der Waals surface area contributed by atoms with E-state index in [1.54, 1.807) is 31.3 Å². The van der Waals surface area contributed by atoms with Gasteiger partial charge in [0.15, 0.2) is 0 Å². The number of aryl methyl sites for hydroxylation is 3. The summed E-state index contributed by atoms with van der Waals surface area (Å²) in [6.07, 6.45) is 0. The maximum Gasteiger partial charge on any atom is 0.368 e. The second-order valence-corrected chi connectivity index (χ2v) is 7.14. The zero-order valence-corrected chi connectivity index (χ0v) is 17.4. The molecule has 158 valence electrons. The molecule has 7 nitrogen and oxygen atoms in total. The Hall–Kier alpha value is -3.94. The van der Waals surface area contributed by atoms with Gasteiger partial charge in [0.05, 0.1) is 5.69 Å². The third-order valence-electron chi connectivity index (χ3n) is 4.89. The standard InChI is InChI=1S/C23H21FN4O3/c1-15-6-4-9-21(28-23(29)27(3)25-26-28)20(15)14-30-22-11-10-19(12-16(22)2)31-18-8-5-7-17(24)13-18/h4-13H,14H2,1-3H3. The molecule has 4 aromatic rings. The van der Waals surface area contributed by atoms with Gasteiger partial charge in [-0.3, -0.25) is 0 Å². The van der Waals surface area contributed by atoms with Gasteiger partial charge in [-0.1, -0.05) is 18.2 Å². The maximum absolute atomic E-state index is 13.4. The van der Waals surface area contributed by atoms with Crippen LogP contribution in [0, 0.1) is 19.7 Å². The van der Waals surface area contributed by atoms with Gasteiger partial charge < -0.3 is 9.47 Å². The summed E-state index contributed by atoms with van der Waals surface area (Å²) < 4.78 is 27.6. The topological polar surface area (TPSA) is 71.2 Å². The molecule has 31 heavy (non-hydrogen) atoms. The predicted octanol–water partition coefficient (Wildman–Crippen LogP) is 4.09. The Kier molecular flexibility index (Phi) is 5.53. The summed E-state index contributed by atoms with van der Waals surface area (Å²) in [5.74, 6) is 1.32. The van der Waals surface area contributed by atoms with Crippen LogP contribution in [0.3, 0.4) is 0 Å². The van der Waals surface area contributed by atoms with Crippen LogP contribution in [-0.4, -0.2) is 19.8 Å². The first-order valence-electron chi connectivity index (χ1n) is 9.67. The average Bonchev–Trinajstić information content (AvgIpc) is 3.06. The van der Waals surface area contributed by atoms with Crippen LogP contribution in [0.2, 0.25) is 0 Å². The first-order valence-corrected chi connectivity index (χ1v) is 9.67. The molecule has 0 aliphatic carbocycles. The Morgan fingerprint density at radius 2 is 1.71 bits per heavy atom. The van der Waals surface area contributed by atoms with Crippen LogP contribution < -0.4 is 15.2 Å². The summed E-state index contributed by atoms with van der Waals surface area (Å²) in [6, 6.07) is 17.0. The van der Waals surface area contributed by atoms with Gasteiger partial charge in [-0.25, -0.2) is 9.18 Å². The summed E-state index contributed by atoms with van der Waals surface area (Å²) in [6.45, 7) is 4.10. The molecule has 0 saturated heterocycles. The fourth-order valence-corrected chi connectivity index (χ4v) is 3.20. The van der Waals surface area contributed by atoms with Crippen LogP contribution in [0.4, 0.5) is 4.39 Å². The molecule has 1 heterocycles. The van der Waals surface area contributed by atoms with E-state index in [4.69, 9.17) is 9.47 Å². The fraction of sp³-hybridized carbons (Fsp3) is 0.174. The van der Waals surface area contributed by atoms with Crippen molar-refractivity contribution >= 4 is 0 Å². The van der Waals surface area contributed by atoms with Gasteiger partial charge in [0.1, 0.15) is 29.7 Å². The minimum atomic E-state index is -0.356. The summed E-state index contributed by atoms with van der Waals surface area (Å²) in [4.78, 5) is 12.3. The smallest absolute Gasteiger partial charge is 0.368 e. The van der Waals surface area contributed by atoms with Gasteiger partial charge in [0.25, 0.3) is 0 Å². The Balaban J connectivity index is 1.55. The molecule has 3 aromatic carbocycles. The number of hydrogen-bond acceptors (Lipinski definition) is 5. The lowest BCUT2D eigenvalue weighted by Crippen LogP contribution is -2.23. The van der Waals surface area contributed by atoms with E-state index < -0.39 is 0 Å². The largest absolute Gasteiger partial charge is 0.489 e. The van der Waals surface area contributed by atoms with E-state index in [9.17, 15) is 9.18 Å². The molecule has 0 saturated carbocycles. The van der Waals surface area contributed by atoms with Crippen LogP contribution in [0.5, 0.6) is 17.2 Å². The molecule has 0 radical (unpaired) electrons. The molecular formula is C23H21FN4O3. The summed E-state index contributed by atoms with van der Waals surface area (Å²) in [5, 5.41) is 7.72. The SMILES string of the molecule is Cc1cc(Oc2cccc(F)c2)ccc1OCc1c(C)cccc1-n1nnn(C)c1=O. The molecular weight excluding hydrogens is 399 g/mol. The van der Waals surface area contributed by atoms with E-state index in [2.05, 4.69) is 10.4 Å². The maximum atomic E-state index is 13.4. The van der Waals surface area contributed by atoms with Gasteiger partial charge in [0.2, 0.25) is 0 Å². The molecule has 0 N–H and O–H groups in total. The minimum Gasteiger partial charge on any atom is -0.489 e. The predicted molar refractivity (Wildman–Crippen MR) is 113 cm³/mol. The molecule has 1 aromatic heterocycles. The molecule has 0 fully saturated rings. The zero-order valence-electron chi connectivity index (χ0n) is 17.4. The Labute approximate surface area is 178 Å². The zero-order chi connectivity index (χ0) is 22.0. The molecule has 0 aliphatic heterocycles. The van der Waals surface area contributed by atoms with Gasteiger partial charge >= 0.3 is 5.69 Å². The molecule has 0 atom stereocenters. The van der Waals surface area contributed by atoms with Crippen molar-refractivity contribution in [3.8, 4) is 22.9 Å². The number of rotatable bonds is 6. The van der Waals surface area contributed by atoms with Crippen molar-refractivity contribution in [2.75, 3.05) is 0 Å². The van der Waals surface area contributed by atoms with E-state index in [-0.39, 0.29) is 18.1 Å².